The van der Waals surface area contributed by atoms with Crippen LogP contribution in [0.1, 0.15) is 26.7 Å². The molecule has 2 heterocycles. The van der Waals surface area contributed by atoms with Crippen LogP contribution in [0.15, 0.2) is 17.1 Å². The van der Waals surface area contributed by atoms with Crippen LogP contribution >= 0.6 is 0 Å². The maximum Gasteiger partial charge on any atom is 0.352 e. The van der Waals surface area contributed by atoms with Crippen molar-refractivity contribution in [1.82, 2.24) is 9.55 Å². The zero-order valence-corrected chi connectivity index (χ0v) is 13.9. The Bertz CT molecular complexity index is 749. The van der Waals surface area contributed by atoms with Gasteiger partial charge in [-0.1, -0.05) is 13.8 Å². The Morgan fingerprint density at radius 2 is 1.96 bits per heavy atom. The van der Waals surface area contributed by atoms with E-state index in [0.29, 0.717) is 4.57 Å². The van der Waals surface area contributed by atoms with Crippen LogP contribution in [-0.2, 0) is 20.1 Å². The van der Waals surface area contributed by atoms with Gasteiger partial charge in [-0.2, -0.15) is 4.98 Å². The van der Waals surface area contributed by atoms with Gasteiger partial charge in [-0.05, 0) is 6.07 Å². The smallest absolute Gasteiger partial charge is 0.352 e. The van der Waals surface area contributed by atoms with Gasteiger partial charge in [0.1, 0.15) is 18.0 Å². The summed E-state index contributed by atoms with van der Waals surface area (Å²) in [4.78, 5) is 41.1. The first-order valence-corrected chi connectivity index (χ1v) is 7.82. The molecule has 1 aliphatic heterocycles. The van der Waals surface area contributed by atoms with Crippen molar-refractivity contribution in [3.05, 3.63) is 22.7 Å². The number of hydrogen-bond acceptors (Lipinski definition) is 9. The quantitative estimate of drug-likeness (QED) is 0.448. The third kappa shape index (κ3) is 2.49. The lowest BCUT2D eigenvalue weighted by atomic mass is 9.78. The van der Waals surface area contributed by atoms with E-state index in [1.54, 1.807) is 0 Å². The molecule has 5 N–H and O–H groups in total. The lowest BCUT2D eigenvalue weighted by molar-refractivity contribution is -0.203. The molecule has 2 rings (SSSR count). The van der Waals surface area contributed by atoms with Crippen LogP contribution in [0, 0.1) is 0 Å². The van der Waals surface area contributed by atoms with E-state index in [-0.39, 0.29) is 18.7 Å². The van der Waals surface area contributed by atoms with Gasteiger partial charge in [-0.3, -0.25) is 14.2 Å². The number of carbonyl (C=O) groups is 2. The monoisotopic (exact) mass is 355 g/mol. The number of nitrogens with two attached hydrogens (primary N) is 1. The van der Waals surface area contributed by atoms with Gasteiger partial charge < -0.3 is 25.8 Å². The van der Waals surface area contributed by atoms with Crippen molar-refractivity contribution in [2.24, 2.45) is 0 Å². The highest BCUT2D eigenvalue weighted by atomic mass is 16.6. The lowest BCUT2D eigenvalue weighted by Gasteiger charge is -2.39. The number of anilines is 1. The second kappa shape index (κ2) is 6.64. The molecule has 0 unspecified atom stereocenters. The van der Waals surface area contributed by atoms with Crippen molar-refractivity contribution in [2.75, 3.05) is 12.3 Å². The molecule has 4 atom stereocenters. The van der Waals surface area contributed by atoms with E-state index >= 15 is 0 Å². The number of aromatic nitrogens is 2. The summed E-state index contributed by atoms with van der Waals surface area (Å²) in [6, 6.07) is 1.19. The summed E-state index contributed by atoms with van der Waals surface area (Å²) in [5, 5.41) is 31.0. The Morgan fingerprint density at radius 3 is 2.44 bits per heavy atom. The molecule has 0 amide bonds. The zero-order valence-electron chi connectivity index (χ0n) is 13.9. The highest BCUT2D eigenvalue weighted by Gasteiger charge is 2.72. The molecule has 0 radical (unpaired) electrons. The van der Waals surface area contributed by atoms with Crippen molar-refractivity contribution in [2.45, 2.75) is 50.2 Å². The maximum absolute atomic E-state index is 12.8. The predicted molar refractivity (Wildman–Crippen MR) is 84.4 cm³/mol. The normalized spacial score (nSPS) is 31.9. The molecule has 1 fully saturated rings. The molecule has 138 valence electrons. The molecule has 0 aromatic carbocycles. The Morgan fingerprint density at radius 1 is 1.36 bits per heavy atom. The molecule has 0 aliphatic carbocycles. The van der Waals surface area contributed by atoms with Crippen LogP contribution < -0.4 is 11.4 Å². The molecule has 10 nitrogen and oxygen atoms in total. The van der Waals surface area contributed by atoms with E-state index in [1.807, 2.05) is 0 Å². The van der Waals surface area contributed by atoms with Crippen LogP contribution in [0.2, 0.25) is 0 Å². The number of aliphatic hydroxyl groups is 3. The molecule has 1 aliphatic rings. The fraction of sp³-hybridized carbons (Fsp3) is 0.600. The molecule has 10 heteroatoms. The van der Waals surface area contributed by atoms with Crippen molar-refractivity contribution >= 4 is 17.4 Å². The fourth-order valence-corrected chi connectivity index (χ4v) is 3.15. The summed E-state index contributed by atoms with van der Waals surface area (Å²) in [5.74, 6) is -1.88. The van der Waals surface area contributed by atoms with E-state index in [9.17, 15) is 29.7 Å². The molecular formula is C15H21N3O7. The van der Waals surface area contributed by atoms with Gasteiger partial charge in [0.2, 0.25) is 11.3 Å². The average Bonchev–Trinajstić information content (AvgIpc) is 2.83. The first-order chi connectivity index (χ1) is 11.7. The summed E-state index contributed by atoms with van der Waals surface area (Å²) in [6.45, 7) is 2.08. The molecule has 1 aromatic rings. The summed E-state index contributed by atoms with van der Waals surface area (Å²) >= 11 is 0. The van der Waals surface area contributed by atoms with Gasteiger partial charge >= 0.3 is 5.69 Å². The Balaban J connectivity index is 2.88. The lowest BCUT2D eigenvalue weighted by Crippen LogP contribution is -2.67. The molecular weight excluding hydrogens is 334 g/mol. The third-order valence-corrected chi connectivity index (χ3v) is 4.41. The molecule has 1 aromatic heterocycles. The number of nitrogens with zero attached hydrogens (tertiary/aromatic N) is 2. The van der Waals surface area contributed by atoms with E-state index in [0.717, 1.165) is 6.20 Å². The highest BCUT2D eigenvalue weighted by molar-refractivity contribution is 5.98. The van der Waals surface area contributed by atoms with E-state index in [4.69, 9.17) is 10.5 Å². The fourth-order valence-electron chi connectivity index (χ4n) is 3.15. The summed E-state index contributed by atoms with van der Waals surface area (Å²) in [7, 11) is 0. The topological polar surface area (TPSA) is 165 Å². The number of carbonyl (C=O) groups excluding carboxylic acids is 2. The molecule has 25 heavy (non-hydrogen) atoms. The molecule has 1 saturated heterocycles. The van der Waals surface area contributed by atoms with Gasteiger partial charge in [0.25, 0.3) is 0 Å². The summed E-state index contributed by atoms with van der Waals surface area (Å²) in [6.07, 6.45) is -2.80. The Hall–Kier alpha value is -2.14. The minimum Gasteiger partial charge on any atom is -0.394 e. The van der Waals surface area contributed by atoms with Gasteiger partial charge in [0.05, 0.1) is 6.61 Å². The molecule has 0 saturated carbocycles. The minimum atomic E-state index is -2.77. The second-order valence-electron chi connectivity index (χ2n) is 5.75. The number of ether oxygens (including phenoxy) is 1. The maximum atomic E-state index is 12.8. The van der Waals surface area contributed by atoms with Crippen molar-refractivity contribution < 1.29 is 29.6 Å². The summed E-state index contributed by atoms with van der Waals surface area (Å²) in [5.41, 5.74) is -0.933. The van der Waals surface area contributed by atoms with Crippen LogP contribution in [0.3, 0.4) is 0 Å². The van der Waals surface area contributed by atoms with Crippen LogP contribution in [0.5, 0.6) is 0 Å². The van der Waals surface area contributed by atoms with Crippen LogP contribution in [0.25, 0.3) is 0 Å². The largest absolute Gasteiger partial charge is 0.394 e. The Kier molecular flexibility index (Phi) is 5.09. The average molecular weight is 355 g/mol. The Labute approximate surface area is 142 Å². The predicted octanol–water partition coefficient (Wildman–Crippen LogP) is -2.08. The summed E-state index contributed by atoms with van der Waals surface area (Å²) < 4.78 is 6.11. The SMILES string of the molecule is CCC(=O)[C@@]1(O)[C@H](O)[C@@H](CO)O[C@@]1(C(=O)CC)n1ccc(N)nc1=O. The molecule has 0 spiro atoms. The van der Waals surface area contributed by atoms with Crippen LogP contribution in [0.4, 0.5) is 5.82 Å². The number of nitrogen functional groups attached to an aromatic ring is 1. The number of ketones is 2. The van der Waals surface area contributed by atoms with E-state index in [2.05, 4.69) is 4.98 Å². The standard InChI is InChI=1S/C15H21N3O7/c1-3-9(20)14(24)12(22)8(7-19)25-15(14,10(21)4-2)18-6-5-11(16)17-13(18)23/h5-6,8,12,19,22,24H,3-4,7H2,1-2H3,(H2,16,17,23)/t8-,12-,14-,15-/m1/s1. The number of hydrogen-bond donors (Lipinski definition) is 4. The van der Waals surface area contributed by atoms with Crippen molar-refractivity contribution in [1.29, 1.82) is 0 Å². The first kappa shape index (κ1) is 19.2. The van der Waals surface area contributed by atoms with Crippen molar-refractivity contribution in [3.63, 3.8) is 0 Å². The van der Waals surface area contributed by atoms with E-state index < -0.39 is 47.4 Å². The van der Waals surface area contributed by atoms with Crippen molar-refractivity contribution in [3.8, 4) is 0 Å². The number of Topliss-reactive ketones (excluding diaryl/α,β-unsaturated/α-hetero) is 2. The third-order valence-electron chi connectivity index (χ3n) is 4.41. The van der Waals surface area contributed by atoms with E-state index in [1.165, 1.54) is 19.9 Å². The van der Waals surface area contributed by atoms with Crippen LogP contribution in [-0.4, -0.2) is 60.9 Å². The first-order valence-electron chi connectivity index (χ1n) is 7.82. The van der Waals surface area contributed by atoms with Gasteiger partial charge in [-0.25, -0.2) is 4.79 Å². The van der Waals surface area contributed by atoms with Gasteiger partial charge in [0.15, 0.2) is 11.6 Å². The zero-order chi connectivity index (χ0) is 19.0. The second-order valence-corrected chi connectivity index (χ2v) is 5.75. The van der Waals surface area contributed by atoms with Gasteiger partial charge in [0, 0.05) is 19.0 Å². The minimum absolute atomic E-state index is 0.136. The highest BCUT2D eigenvalue weighted by Crippen LogP contribution is 2.45. The van der Waals surface area contributed by atoms with Gasteiger partial charge in [-0.15, -0.1) is 0 Å². The number of aliphatic hydroxyl groups excluding tert-OH is 2. The number of rotatable bonds is 6. The molecule has 0 bridgehead atoms.